The first-order valence-electron chi connectivity index (χ1n) is 21.3. The first kappa shape index (κ1) is 34.7. The van der Waals surface area contributed by atoms with Crippen molar-refractivity contribution in [2.24, 2.45) is 0 Å². The van der Waals surface area contributed by atoms with E-state index in [0.29, 0.717) is 0 Å². The minimum atomic E-state index is 0.852. The molecule has 1 heterocycles. The van der Waals surface area contributed by atoms with Gasteiger partial charge in [-0.1, -0.05) is 146 Å². The number of rotatable bonds is 6. The van der Waals surface area contributed by atoms with E-state index in [-0.39, 0.29) is 0 Å². The molecule has 0 spiro atoms. The lowest BCUT2D eigenvalue weighted by atomic mass is 9.90. The maximum Gasteiger partial charge on any atom is 0.159 e. The van der Waals surface area contributed by atoms with E-state index in [4.69, 9.17) is 4.74 Å². The molecule has 0 bridgehead atoms. The van der Waals surface area contributed by atoms with Gasteiger partial charge in [0.1, 0.15) is 0 Å². The van der Waals surface area contributed by atoms with Crippen molar-refractivity contribution in [2.75, 3.05) is 9.80 Å². The molecule has 0 radical (unpaired) electrons. The van der Waals surface area contributed by atoms with Crippen molar-refractivity contribution in [3.05, 3.63) is 205 Å². The third-order valence-electron chi connectivity index (χ3n) is 12.8. The SMILES string of the molecule is c1ccc(-c2ccc(N(c3cc(-c4cccc5c4CCCCC5)c4c(c3)N(c3ccccc3)c3ccccc3O4)c3ccc4ccc5cccc6ccc3c4c56)cc2)cc1. The lowest BCUT2D eigenvalue weighted by Crippen LogP contribution is -2.18. The van der Waals surface area contributed by atoms with Gasteiger partial charge in [0.25, 0.3) is 0 Å². The van der Waals surface area contributed by atoms with Crippen molar-refractivity contribution < 1.29 is 4.74 Å². The average Bonchev–Trinajstić information content (AvgIpc) is 3.57. The van der Waals surface area contributed by atoms with Crippen molar-refractivity contribution >= 4 is 66.4 Å². The largest absolute Gasteiger partial charge is 0.452 e. The summed E-state index contributed by atoms with van der Waals surface area (Å²) in [6.07, 6.45) is 5.83. The summed E-state index contributed by atoms with van der Waals surface area (Å²) in [5, 5.41) is 7.60. The number of aryl methyl sites for hydroxylation is 1. The van der Waals surface area contributed by atoms with Crippen LogP contribution in [0.3, 0.4) is 0 Å². The fourth-order valence-electron chi connectivity index (χ4n) is 10.0. The summed E-state index contributed by atoms with van der Waals surface area (Å²) in [5.74, 6) is 1.73. The van der Waals surface area contributed by atoms with Crippen LogP contribution in [0.2, 0.25) is 0 Å². The molecule has 0 saturated heterocycles. The van der Waals surface area contributed by atoms with Crippen molar-refractivity contribution in [3.63, 3.8) is 0 Å². The molecule has 286 valence electrons. The fraction of sp³-hybridized carbons (Fsp3) is 0.0877. The zero-order valence-electron chi connectivity index (χ0n) is 33.3. The Morgan fingerprint density at radius 2 is 1.13 bits per heavy atom. The lowest BCUT2D eigenvalue weighted by Gasteiger charge is -2.36. The van der Waals surface area contributed by atoms with Crippen molar-refractivity contribution in [2.45, 2.75) is 32.1 Å². The number of hydrogen-bond acceptors (Lipinski definition) is 3. The monoisotopic (exact) mass is 770 g/mol. The smallest absolute Gasteiger partial charge is 0.159 e. The van der Waals surface area contributed by atoms with E-state index in [1.165, 1.54) is 79.4 Å². The zero-order chi connectivity index (χ0) is 39.6. The fourth-order valence-corrected chi connectivity index (χ4v) is 10.0. The second-order valence-electron chi connectivity index (χ2n) is 16.3. The molecule has 0 atom stereocenters. The van der Waals surface area contributed by atoms with E-state index in [2.05, 4.69) is 204 Å². The highest BCUT2D eigenvalue weighted by Gasteiger charge is 2.32. The van der Waals surface area contributed by atoms with Gasteiger partial charge < -0.3 is 14.5 Å². The van der Waals surface area contributed by atoms with Crippen LogP contribution in [0.4, 0.5) is 34.1 Å². The van der Waals surface area contributed by atoms with Gasteiger partial charge in [0.05, 0.1) is 17.1 Å². The van der Waals surface area contributed by atoms with Crippen LogP contribution in [-0.2, 0) is 12.8 Å². The molecule has 2 aliphatic rings. The van der Waals surface area contributed by atoms with Gasteiger partial charge in [-0.2, -0.15) is 0 Å². The zero-order valence-corrected chi connectivity index (χ0v) is 33.3. The predicted molar refractivity (Wildman–Crippen MR) is 252 cm³/mol. The van der Waals surface area contributed by atoms with Gasteiger partial charge in [-0.15, -0.1) is 0 Å². The standard InChI is InChI=1S/C57H42N2O/c1-4-14-38(15-5-1)39-28-32-45(33-29-39)58(51-35-31-43-27-26-41-18-12-19-42-30-34-49(51)56(43)55(41)42)46-36-50(48-23-13-17-40-16-6-2-9-22-47(40)48)57-53(37-46)59(44-20-7-3-8-21-44)52-24-10-11-25-54(52)60-57/h1,3-5,7-8,10-15,17-21,23-37H,2,6,9,16,22H2. The van der Waals surface area contributed by atoms with Crippen LogP contribution < -0.4 is 14.5 Å². The van der Waals surface area contributed by atoms with Crippen LogP contribution in [0.5, 0.6) is 11.5 Å². The number of anilines is 6. The van der Waals surface area contributed by atoms with E-state index >= 15 is 0 Å². The molecule has 10 aromatic rings. The van der Waals surface area contributed by atoms with Crippen LogP contribution in [0, 0.1) is 0 Å². The molecular formula is C57H42N2O. The molecule has 10 aromatic carbocycles. The summed E-state index contributed by atoms with van der Waals surface area (Å²) in [6, 6.07) is 71.1. The minimum Gasteiger partial charge on any atom is -0.452 e. The molecular weight excluding hydrogens is 729 g/mol. The van der Waals surface area contributed by atoms with Crippen LogP contribution >= 0.6 is 0 Å². The Hall–Kier alpha value is -7.36. The highest BCUT2D eigenvalue weighted by atomic mass is 16.5. The first-order valence-corrected chi connectivity index (χ1v) is 21.3. The average molecular weight is 771 g/mol. The molecule has 0 fully saturated rings. The van der Waals surface area contributed by atoms with Crippen molar-refractivity contribution in [1.29, 1.82) is 0 Å². The van der Waals surface area contributed by atoms with Crippen LogP contribution in [0.25, 0.3) is 54.6 Å². The molecule has 0 N–H and O–H groups in total. The van der Waals surface area contributed by atoms with Gasteiger partial charge in [0.15, 0.2) is 11.5 Å². The topological polar surface area (TPSA) is 15.7 Å². The van der Waals surface area contributed by atoms with Crippen molar-refractivity contribution in [3.8, 4) is 33.8 Å². The first-order chi connectivity index (χ1) is 29.8. The molecule has 1 aliphatic carbocycles. The van der Waals surface area contributed by atoms with Gasteiger partial charge in [-0.3, -0.25) is 0 Å². The Bertz CT molecular complexity index is 3190. The molecule has 0 aromatic heterocycles. The summed E-state index contributed by atoms with van der Waals surface area (Å²) >= 11 is 0. The maximum absolute atomic E-state index is 7.14. The molecule has 1 aliphatic heterocycles. The minimum absolute atomic E-state index is 0.852. The summed E-state index contributed by atoms with van der Waals surface area (Å²) in [7, 11) is 0. The maximum atomic E-state index is 7.14. The van der Waals surface area contributed by atoms with E-state index in [0.717, 1.165) is 64.0 Å². The van der Waals surface area contributed by atoms with E-state index in [1.54, 1.807) is 0 Å². The lowest BCUT2D eigenvalue weighted by molar-refractivity contribution is 0.478. The number of benzene rings is 10. The van der Waals surface area contributed by atoms with Gasteiger partial charge in [-0.05, 0) is 135 Å². The Balaban J connectivity index is 1.17. The third kappa shape index (κ3) is 5.65. The Kier molecular flexibility index (Phi) is 8.19. The number of ether oxygens (including phenoxy) is 1. The highest BCUT2D eigenvalue weighted by molar-refractivity contribution is 6.25. The van der Waals surface area contributed by atoms with E-state index < -0.39 is 0 Å². The molecule has 0 amide bonds. The van der Waals surface area contributed by atoms with E-state index in [9.17, 15) is 0 Å². The van der Waals surface area contributed by atoms with Crippen LogP contribution in [0.15, 0.2) is 194 Å². The van der Waals surface area contributed by atoms with Crippen LogP contribution in [0.1, 0.15) is 30.4 Å². The number of fused-ring (bicyclic) bond motifs is 3. The van der Waals surface area contributed by atoms with Crippen LogP contribution in [-0.4, -0.2) is 0 Å². The Morgan fingerprint density at radius 3 is 1.97 bits per heavy atom. The van der Waals surface area contributed by atoms with Gasteiger partial charge >= 0.3 is 0 Å². The van der Waals surface area contributed by atoms with Gasteiger partial charge in [-0.25, -0.2) is 0 Å². The molecule has 3 nitrogen and oxygen atoms in total. The second-order valence-corrected chi connectivity index (χ2v) is 16.3. The molecule has 12 rings (SSSR count). The highest BCUT2D eigenvalue weighted by Crippen LogP contribution is 2.57. The summed E-state index contributed by atoms with van der Waals surface area (Å²) in [5.41, 5.74) is 14.1. The number of hydrogen-bond donors (Lipinski definition) is 0. The van der Waals surface area contributed by atoms with Crippen molar-refractivity contribution in [1.82, 2.24) is 0 Å². The van der Waals surface area contributed by atoms with E-state index in [1.807, 2.05) is 0 Å². The number of nitrogens with zero attached hydrogens (tertiary/aromatic N) is 2. The second kappa shape index (κ2) is 14.2. The molecule has 0 unspecified atom stereocenters. The normalized spacial score (nSPS) is 13.4. The summed E-state index contributed by atoms with van der Waals surface area (Å²) < 4.78 is 7.14. The predicted octanol–water partition coefficient (Wildman–Crippen LogP) is 16.2. The van der Waals surface area contributed by atoms with Gasteiger partial charge in [0.2, 0.25) is 0 Å². The summed E-state index contributed by atoms with van der Waals surface area (Å²) in [6.45, 7) is 0. The molecule has 0 saturated carbocycles. The Labute approximate surface area is 350 Å². The molecule has 3 heteroatoms. The number of para-hydroxylation sites is 3. The van der Waals surface area contributed by atoms with Gasteiger partial charge in [0, 0.05) is 28.0 Å². The summed E-state index contributed by atoms with van der Waals surface area (Å²) in [4.78, 5) is 4.87. The Morgan fingerprint density at radius 1 is 0.450 bits per heavy atom. The molecule has 60 heavy (non-hydrogen) atoms. The third-order valence-corrected chi connectivity index (χ3v) is 12.8. The quantitative estimate of drug-likeness (QED) is 0.124.